The Kier molecular flexibility index (Phi) is 4.12. The lowest BCUT2D eigenvalue weighted by molar-refractivity contribution is 0.877. The van der Waals surface area contributed by atoms with Gasteiger partial charge in [-0.25, -0.2) is 0 Å². The molecule has 0 bridgehead atoms. The van der Waals surface area contributed by atoms with E-state index < -0.39 is 0 Å². The van der Waals surface area contributed by atoms with Crippen LogP contribution in [0.25, 0.3) is 24.3 Å². The summed E-state index contributed by atoms with van der Waals surface area (Å²) >= 11 is 0. The zero-order chi connectivity index (χ0) is 12.1. The van der Waals surface area contributed by atoms with Gasteiger partial charge in [0.05, 0.1) is 0 Å². The number of allylic oxidation sites excluding steroid dienone is 2. The van der Waals surface area contributed by atoms with E-state index in [1.54, 1.807) is 0 Å². The van der Waals surface area contributed by atoms with Crippen molar-refractivity contribution in [1.82, 2.24) is 4.57 Å². The Balaban J connectivity index is 3.87. The Hall–Kier alpha value is -1.76. The standard InChI is InChI=1S/C15H19N/c1-6-10-14-12(8-3)13(9-4)15(11-7-2)16(14)5/h6-11H,1,4H2,2-3,5H3/b11-7-,12-8-,14-10+. The molecule has 84 valence electrons. The van der Waals surface area contributed by atoms with Gasteiger partial charge in [0.15, 0.2) is 0 Å². The molecule has 0 fully saturated rings. The topological polar surface area (TPSA) is 4.93 Å². The average Bonchev–Trinajstić information content (AvgIpc) is 2.54. The first kappa shape index (κ1) is 12.3. The maximum atomic E-state index is 3.89. The summed E-state index contributed by atoms with van der Waals surface area (Å²) in [7, 11) is 2.06. The molecule has 0 aliphatic rings. The second-order valence-electron chi connectivity index (χ2n) is 3.55. The van der Waals surface area contributed by atoms with Crippen molar-refractivity contribution in [3.63, 3.8) is 0 Å². The van der Waals surface area contributed by atoms with Gasteiger partial charge in [-0.1, -0.05) is 37.5 Å². The van der Waals surface area contributed by atoms with E-state index >= 15 is 0 Å². The molecule has 16 heavy (non-hydrogen) atoms. The normalized spacial score (nSPS) is 13.7. The van der Waals surface area contributed by atoms with E-state index in [1.165, 1.54) is 21.8 Å². The molecule has 0 radical (unpaired) electrons. The average molecular weight is 213 g/mol. The minimum Gasteiger partial charge on any atom is -0.344 e. The van der Waals surface area contributed by atoms with Gasteiger partial charge in [0, 0.05) is 28.9 Å². The molecular formula is C15H19N. The molecule has 0 aliphatic carbocycles. The lowest BCUT2D eigenvalue weighted by Gasteiger charge is -1.98. The van der Waals surface area contributed by atoms with Crippen LogP contribution in [0.4, 0.5) is 0 Å². The smallest absolute Gasteiger partial charge is 0.0485 e. The molecule has 0 saturated carbocycles. The molecule has 0 unspecified atom stereocenters. The van der Waals surface area contributed by atoms with Crippen LogP contribution in [0.3, 0.4) is 0 Å². The van der Waals surface area contributed by atoms with Crippen molar-refractivity contribution in [2.24, 2.45) is 7.05 Å². The molecule has 1 nitrogen and oxygen atoms in total. The van der Waals surface area contributed by atoms with Gasteiger partial charge in [0.2, 0.25) is 0 Å². The second-order valence-corrected chi connectivity index (χ2v) is 3.55. The van der Waals surface area contributed by atoms with Crippen LogP contribution >= 0.6 is 0 Å². The van der Waals surface area contributed by atoms with Gasteiger partial charge in [-0.2, -0.15) is 0 Å². The van der Waals surface area contributed by atoms with Gasteiger partial charge in [-0.15, -0.1) is 0 Å². The summed E-state index contributed by atoms with van der Waals surface area (Å²) in [6.07, 6.45) is 12.0. The van der Waals surface area contributed by atoms with Crippen LogP contribution in [0.1, 0.15) is 25.1 Å². The Morgan fingerprint density at radius 3 is 2.31 bits per heavy atom. The van der Waals surface area contributed by atoms with Crippen LogP contribution in [0.2, 0.25) is 0 Å². The molecule has 0 N–H and O–H groups in total. The molecule has 1 aromatic heterocycles. The van der Waals surface area contributed by atoms with E-state index in [2.05, 4.69) is 36.9 Å². The minimum absolute atomic E-state index is 1.17. The first-order valence-electron chi connectivity index (χ1n) is 5.44. The third-order valence-electron chi connectivity index (χ3n) is 2.66. The minimum atomic E-state index is 1.17. The zero-order valence-corrected chi connectivity index (χ0v) is 10.3. The van der Waals surface area contributed by atoms with Crippen molar-refractivity contribution in [3.05, 3.63) is 47.1 Å². The van der Waals surface area contributed by atoms with Crippen LogP contribution in [0.15, 0.2) is 25.3 Å². The number of hydrogen-bond donors (Lipinski definition) is 0. The van der Waals surface area contributed by atoms with Crippen LogP contribution in [-0.2, 0) is 7.05 Å². The van der Waals surface area contributed by atoms with Crippen molar-refractivity contribution >= 4 is 24.3 Å². The maximum absolute atomic E-state index is 3.89. The lowest BCUT2D eigenvalue weighted by atomic mass is 10.2. The SMILES string of the molecule is C=C/C=c1\c(=C/C)c(C=C)c(/C=C\C)n1C. The molecule has 0 aromatic carbocycles. The highest BCUT2D eigenvalue weighted by molar-refractivity contribution is 5.65. The summed E-state index contributed by atoms with van der Waals surface area (Å²) in [4.78, 5) is 0. The van der Waals surface area contributed by atoms with Gasteiger partial charge >= 0.3 is 0 Å². The van der Waals surface area contributed by atoms with Gasteiger partial charge in [-0.05, 0) is 26.0 Å². The monoisotopic (exact) mass is 213 g/mol. The number of nitrogens with zero attached hydrogens (tertiary/aromatic N) is 1. The van der Waals surface area contributed by atoms with Gasteiger partial charge in [-0.3, -0.25) is 0 Å². The van der Waals surface area contributed by atoms with E-state index in [0.29, 0.717) is 0 Å². The summed E-state index contributed by atoms with van der Waals surface area (Å²) in [6, 6.07) is 0. The largest absolute Gasteiger partial charge is 0.344 e. The van der Waals surface area contributed by atoms with E-state index in [0.717, 1.165) is 0 Å². The summed E-state index contributed by atoms with van der Waals surface area (Å²) in [6.45, 7) is 11.7. The third kappa shape index (κ3) is 1.94. The molecule has 0 atom stereocenters. The van der Waals surface area contributed by atoms with Crippen LogP contribution < -0.4 is 10.6 Å². The number of hydrogen-bond acceptors (Lipinski definition) is 0. The van der Waals surface area contributed by atoms with E-state index in [4.69, 9.17) is 0 Å². The van der Waals surface area contributed by atoms with Crippen molar-refractivity contribution in [1.29, 1.82) is 0 Å². The summed E-state index contributed by atoms with van der Waals surface area (Å²) in [5.74, 6) is 0. The van der Waals surface area contributed by atoms with E-state index in [-0.39, 0.29) is 0 Å². The fourth-order valence-electron chi connectivity index (χ4n) is 1.96. The maximum Gasteiger partial charge on any atom is 0.0485 e. The number of aromatic nitrogens is 1. The van der Waals surface area contributed by atoms with E-state index in [1.807, 2.05) is 38.2 Å². The molecule has 0 spiro atoms. The molecular weight excluding hydrogens is 194 g/mol. The Labute approximate surface area is 97.4 Å². The molecule has 1 heteroatoms. The van der Waals surface area contributed by atoms with Crippen molar-refractivity contribution in [3.8, 4) is 0 Å². The highest BCUT2D eigenvalue weighted by Gasteiger charge is 2.05. The predicted octanol–water partition coefficient (Wildman–Crippen LogP) is 2.47. The van der Waals surface area contributed by atoms with Crippen molar-refractivity contribution in [2.45, 2.75) is 13.8 Å². The summed E-state index contributed by atoms with van der Waals surface area (Å²) in [5, 5.41) is 2.38. The first-order chi connectivity index (χ1) is 7.71. The Bertz CT molecular complexity index is 539. The van der Waals surface area contributed by atoms with Gasteiger partial charge < -0.3 is 4.57 Å². The van der Waals surface area contributed by atoms with Crippen LogP contribution in [0, 0.1) is 0 Å². The molecule has 0 aliphatic heterocycles. The van der Waals surface area contributed by atoms with Crippen molar-refractivity contribution < 1.29 is 0 Å². The Morgan fingerprint density at radius 2 is 1.88 bits per heavy atom. The van der Waals surface area contributed by atoms with Crippen LogP contribution in [0.5, 0.6) is 0 Å². The first-order valence-corrected chi connectivity index (χ1v) is 5.44. The van der Waals surface area contributed by atoms with Gasteiger partial charge in [0.25, 0.3) is 0 Å². The molecule has 1 aromatic rings. The highest BCUT2D eigenvalue weighted by atomic mass is 14.9. The van der Waals surface area contributed by atoms with Crippen molar-refractivity contribution in [2.75, 3.05) is 0 Å². The third-order valence-corrected chi connectivity index (χ3v) is 2.66. The molecule has 0 saturated heterocycles. The summed E-state index contributed by atoms with van der Waals surface area (Å²) < 4.78 is 2.16. The molecule has 1 heterocycles. The fraction of sp³-hybridized carbons (Fsp3) is 0.200. The fourth-order valence-corrected chi connectivity index (χ4v) is 1.96. The van der Waals surface area contributed by atoms with E-state index in [9.17, 15) is 0 Å². The second kappa shape index (κ2) is 5.36. The molecule has 1 rings (SSSR count). The highest BCUT2D eigenvalue weighted by Crippen LogP contribution is 2.06. The quantitative estimate of drug-likeness (QED) is 0.727. The molecule has 0 amide bonds. The number of rotatable bonds is 3. The summed E-state index contributed by atoms with van der Waals surface area (Å²) in [5.41, 5.74) is 2.36. The lowest BCUT2D eigenvalue weighted by Crippen LogP contribution is -2.28. The predicted molar refractivity (Wildman–Crippen MR) is 74.3 cm³/mol. The van der Waals surface area contributed by atoms with Gasteiger partial charge in [0.1, 0.15) is 0 Å². The Morgan fingerprint density at radius 1 is 1.19 bits per heavy atom. The van der Waals surface area contributed by atoms with Crippen LogP contribution in [-0.4, -0.2) is 4.57 Å². The zero-order valence-electron chi connectivity index (χ0n) is 10.3.